The Morgan fingerprint density at radius 3 is 1.66 bits per heavy atom. The van der Waals surface area contributed by atoms with Crippen molar-refractivity contribution in [1.82, 2.24) is 10.0 Å². The van der Waals surface area contributed by atoms with E-state index in [1.54, 1.807) is 24.3 Å². The Balaban J connectivity index is 1.35. The highest BCUT2D eigenvalue weighted by atomic mass is 35.5. The maximum Gasteiger partial charge on any atom is 0.273 e. The van der Waals surface area contributed by atoms with E-state index in [2.05, 4.69) is 0 Å². The molecule has 0 aromatic heterocycles. The molecule has 0 spiro atoms. The fourth-order valence-corrected chi connectivity index (χ4v) is 7.48. The highest BCUT2D eigenvalue weighted by Crippen LogP contribution is 2.61. The zero-order valence-electron chi connectivity index (χ0n) is 23.7. The van der Waals surface area contributed by atoms with Crippen molar-refractivity contribution in [3.05, 3.63) is 134 Å². The van der Waals surface area contributed by atoms with Crippen LogP contribution in [0.15, 0.2) is 91.0 Å². The Kier molecular flexibility index (Phi) is 6.83. The summed E-state index contributed by atoms with van der Waals surface area (Å²) in [4.78, 5) is 57.3. The van der Waals surface area contributed by atoms with E-state index in [0.717, 1.165) is 32.3 Å². The van der Waals surface area contributed by atoms with Crippen LogP contribution >= 0.6 is 23.2 Å². The number of hydrazine groups is 1. The number of carbonyl (C=O) groups is 4. The standard InChI is InChI=1S/C35H26Cl2N2O5/c1-18(32(40)19-11-14-21(44-2)15-12-19)38(33(41)20-13-16-26(36)27(37)17-20)39-34(42)30-28-22-7-3-4-8-23(22)29(31(30)35(39)43)25-10-6-5-9-24(25)28/h3-18,28-31H,1-2H3/t18-,28?,29?,30-,31+/m1/s1. The highest BCUT2D eigenvalue weighted by Gasteiger charge is 2.63. The van der Waals surface area contributed by atoms with E-state index < -0.39 is 41.4 Å². The summed E-state index contributed by atoms with van der Waals surface area (Å²) in [5.41, 5.74) is 4.39. The molecular weight excluding hydrogens is 599 g/mol. The Morgan fingerprint density at radius 1 is 0.727 bits per heavy atom. The molecule has 0 unspecified atom stereocenters. The number of halogens is 2. The van der Waals surface area contributed by atoms with Crippen molar-refractivity contribution >= 4 is 46.7 Å². The van der Waals surface area contributed by atoms with Gasteiger partial charge in [0.15, 0.2) is 5.78 Å². The third-order valence-corrected chi connectivity index (χ3v) is 9.88. The summed E-state index contributed by atoms with van der Waals surface area (Å²) < 4.78 is 5.22. The molecule has 3 aliphatic carbocycles. The van der Waals surface area contributed by atoms with Gasteiger partial charge in [-0.1, -0.05) is 71.7 Å². The van der Waals surface area contributed by atoms with Crippen molar-refractivity contribution in [2.75, 3.05) is 7.11 Å². The van der Waals surface area contributed by atoms with Crippen LogP contribution in [-0.2, 0) is 9.59 Å². The molecular formula is C35H26Cl2N2O5. The van der Waals surface area contributed by atoms with Crippen LogP contribution in [-0.4, -0.2) is 46.7 Å². The van der Waals surface area contributed by atoms with Crippen LogP contribution < -0.4 is 4.74 Å². The molecule has 1 heterocycles. The lowest BCUT2D eigenvalue weighted by molar-refractivity contribution is -0.156. The van der Waals surface area contributed by atoms with E-state index in [-0.39, 0.29) is 27.4 Å². The molecule has 0 radical (unpaired) electrons. The van der Waals surface area contributed by atoms with Gasteiger partial charge in [-0.25, -0.2) is 5.01 Å². The number of ketones is 1. The molecule has 4 aromatic carbocycles. The van der Waals surface area contributed by atoms with Crippen LogP contribution in [0.5, 0.6) is 5.75 Å². The van der Waals surface area contributed by atoms with Crippen LogP contribution in [0.4, 0.5) is 0 Å². The molecule has 7 nitrogen and oxygen atoms in total. The fraction of sp³-hybridized carbons (Fsp3) is 0.200. The summed E-state index contributed by atoms with van der Waals surface area (Å²) >= 11 is 12.4. The predicted molar refractivity (Wildman–Crippen MR) is 165 cm³/mol. The number of benzene rings is 4. The minimum Gasteiger partial charge on any atom is -0.497 e. The third kappa shape index (κ3) is 4.10. The van der Waals surface area contributed by atoms with Gasteiger partial charge >= 0.3 is 0 Å². The van der Waals surface area contributed by atoms with Crippen molar-refractivity contribution in [2.45, 2.75) is 24.8 Å². The quantitative estimate of drug-likeness (QED) is 0.180. The van der Waals surface area contributed by atoms with Gasteiger partial charge in [0.05, 0.1) is 29.0 Å². The molecule has 4 aromatic rings. The number of methoxy groups -OCH3 is 1. The average Bonchev–Trinajstić information content (AvgIpc) is 3.31. The number of hydrogen-bond donors (Lipinski definition) is 0. The molecule has 4 aliphatic rings. The molecule has 220 valence electrons. The summed E-state index contributed by atoms with van der Waals surface area (Å²) in [5, 5.41) is 2.29. The number of Topliss-reactive ketones (excluding diaryl/α,β-unsaturated/α-hetero) is 1. The molecule has 2 bridgehead atoms. The second-order valence-corrected chi connectivity index (χ2v) is 12.1. The van der Waals surface area contributed by atoms with Crippen molar-refractivity contribution in [2.24, 2.45) is 11.8 Å². The number of nitrogens with zero attached hydrogens (tertiary/aromatic N) is 2. The van der Waals surface area contributed by atoms with E-state index in [9.17, 15) is 19.2 Å². The lowest BCUT2D eigenvalue weighted by atomic mass is 9.55. The monoisotopic (exact) mass is 624 g/mol. The average molecular weight is 626 g/mol. The summed E-state index contributed by atoms with van der Waals surface area (Å²) in [5.74, 6) is -3.84. The summed E-state index contributed by atoms with van der Waals surface area (Å²) in [6.07, 6.45) is 0. The molecule has 1 saturated heterocycles. The van der Waals surface area contributed by atoms with E-state index in [4.69, 9.17) is 27.9 Å². The van der Waals surface area contributed by atoms with Crippen molar-refractivity contribution in [3.63, 3.8) is 0 Å². The number of ether oxygens (including phenoxy) is 1. The number of hydrogen-bond acceptors (Lipinski definition) is 5. The Labute approximate surface area is 263 Å². The van der Waals surface area contributed by atoms with Crippen LogP contribution in [0.2, 0.25) is 10.0 Å². The molecule has 1 aliphatic heterocycles. The molecule has 3 amide bonds. The van der Waals surface area contributed by atoms with Gasteiger partial charge in [-0.2, -0.15) is 5.01 Å². The first-order chi connectivity index (χ1) is 21.2. The van der Waals surface area contributed by atoms with E-state index in [1.165, 1.54) is 32.2 Å². The van der Waals surface area contributed by atoms with Gasteiger partial charge in [0.25, 0.3) is 17.7 Å². The molecule has 1 fully saturated rings. The first kappa shape index (κ1) is 28.3. The van der Waals surface area contributed by atoms with Crippen LogP contribution in [0.3, 0.4) is 0 Å². The van der Waals surface area contributed by atoms with E-state index in [1.807, 2.05) is 48.5 Å². The van der Waals surface area contributed by atoms with Crippen molar-refractivity contribution in [3.8, 4) is 5.75 Å². The number of rotatable bonds is 6. The molecule has 9 heteroatoms. The van der Waals surface area contributed by atoms with Crippen molar-refractivity contribution < 1.29 is 23.9 Å². The smallest absolute Gasteiger partial charge is 0.273 e. The van der Waals surface area contributed by atoms with E-state index in [0.29, 0.717) is 11.3 Å². The van der Waals surface area contributed by atoms with Crippen molar-refractivity contribution in [1.29, 1.82) is 0 Å². The van der Waals surface area contributed by atoms with Crippen LogP contribution in [0.25, 0.3) is 0 Å². The molecule has 0 saturated carbocycles. The van der Waals surface area contributed by atoms with Gasteiger partial charge < -0.3 is 4.74 Å². The second kappa shape index (κ2) is 10.6. The Morgan fingerprint density at radius 2 is 1.20 bits per heavy atom. The Bertz CT molecular complexity index is 1760. The van der Waals surface area contributed by atoms with Crippen LogP contribution in [0, 0.1) is 11.8 Å². The lowest BCUT2D eigenvalue weighted by Crippen LogP contribution is -2.56. The van der Waals surface area contributed by atoms with Gasteiger partial charge in [0, 0.05) is 23.0 Å². The molecule has 0 N–H and O–H groups in total. The fourth-order valence-electron chi connectivity index (χ4n) is 7.18. The number of amides is 3. The molecule has 3 atom stereocenters. The third-order valence-electron chi connectivity index (χ3n) is 9.14. The SMILES string of the molecule is COc1ccc(C(=O)[C@@H](C)N(C(=O)c2ccc(Cl)c(Cl)c2)N2C(=O)[C@@H]3C4c5ccccc5C(c5ccccc54)[C@@H]3C2=O)cc1. The minimum absolute atomic E-state index is 0.0822. The maximum absolute atomic E-state index is 14.5. The lowest BCUT2D eigenvalue weighted by Gasteiger charge is -2.45. The molecule has 8 rings (SSSR count). The van der Waals surface area contributed by atoms with Gasteiger partial charge in [-0.3, -0.25) is 19.2 Å². The normalized spacial score (nSPS) is 21.8. The Hall–Kier alpha value is -4.46. The maximum atomic E-state index is 14.5. The number of imide groups is 1. The summed E-state index contributed by atoms with van der Waals surface area (Å²) in [6.45, 7) is 1.52. The topological polar surface area (TPSA) is 84.0 Å². The largest absolute Gasteiger partial charge is 0.497 e. The zero-order valence-corrected chi connectivity index (χ0v) is 25.3. The van der Waals surface area contributed by atoms with Crippen LogP contribution in [0.1, 0.15) is 61.7 Å². The van der Waals surface area contributed by atoms with Gasteiger partial charge in [0.1, 0.15) is 11.8 Å². The molecule has 44 heavy (non-hydrogen) atoms. The van der Waals surface area contributed by atoms with Gasteiger partial charge in [-0.05, 0) is 71.6 Å². The van der Waals surface area contributed by atoms with Gasteiger partial charge in [-0.15, -0.1) is 0 Å². The number of carbonyl (C=O) groups excluding carboxylic acids is 4. The van der Waals surface area contributed by atoms with Gasteiger partial charge in [0.2, 0.25) is 0 Å². The highest BCUT2D eigenvalue weighted by molar-refractivity contribution is 6.42. The first-order valence-electron chi connectivity index (χ1n) is 14.2. The second-order valence-electron chi connectivity index (χ2n) is 11.3. The zero-order chi connectivity index (χ0) is 30.9. The minimum atomic E-state index is -1.22. The summed E-state index contributed by atoms with van der Waals surface area (Å²) in [7, 11) is 1.52. The predicted octanol–water partition coefficient (Wildman–Crippen LogP) is 6.52. The summed E-state index contributed by atoms with van der Waals surface area (Å²) in [6, 6.07) is 25.3. The first-order valence-corrected chi connectivity index (χ1v) is 15.0. The van der Waals surface area contributed by atoms with E-state index >= 15 is 0 Å².